The standard InChI is InChI=1S/C21H25N5O3S/c1-14-10-15(2)25(22-14)21(16-6-4-3-5-7-16)18-8-9-24(23-18)12-19(27)20-11-17(13-30-20)26(28)29/h8-11,13,16,21H,3-7,12H2,1-2H3. The summed E-state index contributed by atoms with van der Waals surface area (Å²) in [6.45, 7) is 4.13. The van der Waals surface area contributed by atoms with E-state index in [1.54, 1.807) is 4.68 Å². The number of nitro groups is 1. The Bertz CT molecular complexity index is 1060. The van der Waals surface area contributed by atoms with Crippen LogP contribution in [0.5, 0.6) is 0 Å². The predicted molar refractivity (Wildman–Crippen MR) is 114 cm³/mol. The molecule has 1 aliphatic carbocycles. The van der Waals surface area contributed by atoms with Crippen molar-refractivity contribution in [2.24, 2.45) is 5.92 Å². The van der Waals surface area contributed by atoms with Gasteiger partial charge in [-0.25, -0.2) is 0 Å². The van der Waals surface area contributed by atoms with E-state index in [0.29, 0.717) is 10.8 Å². The Balaban J connectivity index is 1.57. The number of Topliss-reactive ketones (excluding diaryl/α,β-unsaturated/α-hetero) is 1. The molecule has 0 spiro atoms. The van der Waals surface area contributed by atoms with Crippen LogP contribution in [0.3, 0.4) is 0 Å². The van der Waals surface area contributed by atoms with E-state index in [4.69, 9.17) is 10.2 Å². The molecule has 0 saturated heterocycles. The molecule has 158 valence electrons. The predicted octanol–water partition coefficient (Wildman–Crippen LogP) is 4.72. The summed E-state index contributed by atoms with van der Waals surface area (Å²) in [5, 5.41) is 21.7. The first-order chi connectivity index (χ1) is 14.4. The zero-order valence-corrected chi connectivity index (χ0v) is 18.0. The fourth-order valence-electron chi connectivity index (χ4n) is 4.36. The van der Waals surface area contributed by atoms with Gasteiger partial charge in [-0.3, -0.25) is 24.3 Å². The quantitative estimate of drug-likeness (QED) is 0.309. The molecule has 0 aliphatic heterocycles. The summed E-state index contributed by atoms with van der Waals surface area (Å²) in [7, 11) is 0. The first-order valence-electron chi connectivity index (χ1n) is 10.2. The van der Waals surface area contributed by atoms with E-state index in [1.807, 2.05) is 19.2 Å². The molecule has 8 nitrogen and oxygen atoms in total. The van der Waals surface area contributed by atoms with Gasteiger partial charge in [0.15, 0.2) is 5.78 Å². The maximum absolute atomic E-state index is 12.6. The van der Waals surface area contributed by atoms with E-state index in [-0.39, 0.29) is 24.1 Å². The summed E-state index contributed by atoms with van der Waals surface area (Å²) in [6.07, 6.45) is 7.82. The van der Waals surface area contributed by atoms with Crippen molar-refractivity contribution in [3.8, 4) is 0 Å². The molecule has 3 aromatic rings. The van der Waals surface area contributed by atoms with Crippen LogP contribution >= 0.6 is 11.3 Å². The zero-order chi connectivity index (χ0) is 21.3. The second-order valence-electron chi connectivity index (χ2n) is 8.00. The van der Waals surface area contributed by atoms with Gasteiger partial charge in [-0.2, -0.15) is 10.2 Å². The van der Waals surface area contributed by atoms with Crippen molar-refractivity contribution in [3.05, 3.63) is 61.8 Å². The molecule has 1 fully saturated rings. The van der Waals surface area contributed by atoms with Gasteiger partial charge in [0.25, 0.3) is 5.69 Å². The maximum Gasteiger partial charge on any atom is 0.280 e. The number of carbonyl (C=O) groups is 1. The monoisotopic (exact) mass is 427 g/mol. The van der Waals surface area contributed by atoms with Gasteiger partial charge in [0.05, 0.1) is 32.6 Å². The van der Waals surface area contributed by atoms with Gasteiger partial charge in [0, 0.05) is 18.0 Å². The molecule has 1 atom stereocenters. The minimum atomic E-state index is -0.484. The fraction of sp³-hybridized carbons (Fsp3) is 0.476. The van der Waals surface area contributed by atoms with Crippen molar-refractivity contribution in [1.82, 2.24) is 19.6 Å². The van der Waals surface area contributed by atoms with E-state index >= 15 is 0 Å². The molecule has 0 aromatic carbocycles. The highest BCUT2D eigenvalue weighted by molar-refractivity contribution is 7.12. The average molecular weight is 428 g/mol. The number of hydrogen-bond donors (Lipinski definition) is 0. The van der Waals surface area contributed by atoms with Gasteiger partial charge in [0.1, 0.15) is 6.54 Å². The van der Waals surface area contributed by atoms with Gasteiger partial charge in [-0.05, 0) is 44.7 Å². The van der Waals surface area contributed by atoms with Crippen LogP contribution < -0.4 is 0 Å². The maximum atomic E-state index is 12.6. The molecule has 3 heterocycles. The first-order valence-corrected chi connectivity index (χ1v) is 11.1. The zero-order valence-electron chi connectivity index (χ0n) is 17.2. The average Bonchev–Trinajstić information content (AvgIpc) is 3.44. The highest BCUT2D eigenvalue weighted by Crippen LogP contribution is 2.37. The van der Waals surface area contributed by atoms with E-state index in [9.17, 15) is 14.9 Å². The Morgan fingerprint density at radius 1 is 1.27 bits per heavy atom. The van der Waals surface area contributed by atoms with E-state index in [1.165, 1.54) is 30.7 Å². The number of aromatic nitrogens is 4. The molecule has 9 heteroatoms. The largest absolute Gasteiger partial charge is 0.291 e. The molecule has 0 N–H and O–H groups in total. The SMILES string of the molecule is Cc1cc(C)n(C(c2ccn(CC(=O)c3cc([N+](=O)[O-])cs3)n2)C2CCCCC2)n1. The lowest BCUT2D eigenvalue weighted by Crippen LogP contribution is -2.25. The third kappa shape index (κ3) is 4.21. The second-order valence-corrected chi connectivity index (χ2v) is 8.91. The van der Waals surface area contributed by atoms with Crippen LogP contribution in [0.25, 0.3) is 0 Å². The van der Waals surface area contributed by atoms with E-state index in [0.717, 1.165) is 41.3 Å². The summed E-state index contributed by atoms with van der Waals surface area (Å²) in [5.74, 6) is 0.291. The highest BCUT2D eigenvalue weighted by atomic mass is 32.1. The number of aryl methyl sites for hydroxylation is 2. The third-order valence-corrected chi connectivity index (χ3v) is 6.70. The van der Waals surface area contributed by atoms with E-state index in [2.05, 4.69) is 17.7 Å². The molecule has 0 radical (unpaired) electrons. The molecule has 1 aliphatic rings. The molecule has 1 saturated carbocycles. The topological polar surface area (TPSA) is 95.8 Å². The molecular formula is C21H25N5O3S. The second kappa shape index (κ2) is 8.51. The van der Waals surface area contributed by atoms with Crippen LogP contribution in [0.2, 0.25) is 0 Å². The lowest BCUT2D eigenvalue weighted by molar-refractivity contribution is -0.384. The normalized spacial score (nSPS) is 15.9. The van der Waals surface area contributed by atoms with Gasteiger partial charge < -0.3 is 0 Å². The van der Waals surface area contributed by atoms with Crippen molar-refractivity contribution >= 4 is 22.8 Å². The summed E-state index contributed by atoms with van der Waals surface area (Å²) in [4.78, 5) is 23.3. The number of thiophene rings is 1. The third-order valence-electron chi connectivity index (χ3n) is 5.75. The van der Waals surface area contributed by atoms with Crippen LogP contribution in [0.4, 0.5) is 5.69 Å². The number of ketones is 1. The van der Waals surface area contributed by atoms with Crippen LogP contribution in [0.1, 0.15) is 64.9 Å². The molecule has 0 bridgehead atoms. The molecule has 30 heavy (non-hydrogen) atoms. The van der Waals surface area contributed by atoms with Crippen LogP contribution in [0, 0.1) is 29.9 Å². The van der Waals surface area contributed by atoms with Crippen molar-refractivity contribution in [2.45, 2.75) is 58.5 Å². The molecular weight excluding hydrogens is 402 g/mol. The van der Waals surface area contributed by atoms with Crippen molar-refractivity contribution < 1.29 is 9.72 Å². The fourth-order valence-corrected chi connectivity index (χ4v) is 5.15. The van der Waals surface area contributed by atoms with Gasteiger partial charge in [-0.15, -0.1) is 11.3 Å². The van der Waals surface area contributed by atoms with Crippen molar-refractivity contribution in [3.63, 3.8) is 0 Å². The number of rotatable bonds is 7. The lowest BCUT2D eigenvalue weighted by atomic mass is 9.82. The van der Waals surface area contributed by atoms with Gasteiger partial charge >= 0.3 is 0 Å². The summed E-state index contributed by atoms with van der Waals surface area (Å²) < 4.78 is 3.72. The Morgan fingerprint density at radius 2 is 2.03 bits per heavy atom. The summed E-state index contributed by atoms with van der Waals surface area (Å²) in [5.41, 5.74) is 2.96. The Labute approximate surface area is 178 Å². The first kappa shape index (κ1) is 20.5. The smallest absolute Gasteiger partial charge is 0.280 e. The lowest BCUT2D eigenvalue weighted by Gasteiger charge is -2.30. The van der Waals surface area contributed by atoms with E-state index < -0.39 is 4.92 Å². The molecule has 0 amide bonds. The Kier molecular flexibility index (Phi) is 5.80. The number of nitrogens with zero attached hydrogens (tertiary/aromatic N) is 5. The van der Waals surface area contributed by atoms with Crippen molar-refractivity contribution in [2.75, 3.05) is 0 Å². The van der Waals surface area contributed by atoms with Crippen LogP contribution in [0.15, 0.2) is 29.8 Å². The summed E-state index contributed by atoms with van der Waals surface area (Å²) in [6, 6.07) is 5.44. The minimum absolute atomic E-state index is 0.0496. The highest BCUT2D eigenvalue weighted by Gasteiger charge is 2.30. The van der Waals surface area contributed by atoms with Gasteiger partial charge in [0.2, 0.25) is 0 Å². The van der Waals surface area contributed by atoms with Crippen molar-refractivity contribution in [1.29, 1.82) is 0 Å². The minimum Gasteiger partial charge on any atom is -0.291 e. The Morgan fingerprint density at radius 3 is 2.67 bits per heavy atom. The number of carbonyl (C=O) groups excluding carboxylic acids is 1. The molecule has 3 aromatic heterocycles. The Hall–Kier alpha value is -2.81. The van der Waals surface area contributed by atoms with Gasteiger partial charge in [-0.1, -0.05) is 19.3 Å². The number of hydrogen-bond acceptors (Lipinski definition) is 6. The molecule has 1 unspecified atom stereocenters. The van der Waals surface area contributed by atoms with Crippen LogP contribution in [-0.2, 0) is 6.54 Å². The summed E-state index contributed by atoms with van der Waals surface area (Å²) >= 11 is 1.10. The van der Waals surface area contributed by atoms with Crippen LogP contribution in [-0.4, -0.2) is 30.3 Å². The molecule has 4 rings (SSSR count).